The second kappa shape index (κ2) is 11.9. The van der Waals surface area contributed by atoms with Crippen molar-refractivity contribution in [1.82, 2.24) is 4.57 Å². The fourth-order valence-electron chi connectivity index (χ4n) is 3.95. The van der Waals surface area contributed by atoms with Crippen LogP contribution in [0.25, 0.3) is 6.08 Å². The zero-order valence-electron chi connectivity index (χ0n) is 20.5. The Hall–Kier alpha value is -3.13. The van der Waals surface area contributed by atoms with Crippen molar-refractivity contribution in [2.24, 2.45) is 4.99 Å². The Labute approximate surface area is 228 Å². The summed E-state index contributed by atoms with van der Waals surface area (Å²) in [4.78, 5) is 31.9. The van der Waals surface area contributed by atoms with E-state index in [-0.39, 0.29) is 12.2 Å². The molecule has 0 amide bonds. The highest BCUT2D eigenvalue weighted by atomic mass is 35.5. The van der Waals surface area contributed by atoms with Gasteiger partial charge in [-0.1, -0.05) is 78.7 Å². The van der Waals surface area contributed by atoms with Crippen LogP contribution in [0.5, 0.6) is 5.75 Å². The summed E-state index contributed by atoms with van der Waals surface area (Å²) in [5.74, 6) is 0.169. The highest BCUT2D eigenvalue weighted by Crippen LogP contribution is 2.32. The van der Waals surface area contributed by atoms with Crippen molar-refractivity contribution in [2.75, 3.05) is 13.2 Å². The zero-order valence-corrected chi connectivity index (χ0v) is 22.8. The van der Waals surface area contributed by atoms with Gasteiger partial charge >= 0.3 is 5.97 Å². The SMILES string of the molecule is C=CCOC(=O)C1=C(C)N=c2sc(=Cc3ccc(Cl)cc3Cl)c(=O)n2C1c1ccc(OCCCC)cc1. The van der Waals surface area contributed by atoms with E-state index in [1.54, 1.807) is 31.2 Å². The van der Waals surface area contributed by atoms with E-state index in [9.17, 15) is 9.59 Å². The van der Waals surface area contributed by atoms with Crippen LogP contribution in [0.15, 0.2) is 76.2 Å². The molecule has 6 nitrogen and oxygen atoms in total. The number of unbranched alkanes of at least 4 members (excludes halogenated alkanes) is 1. The third-order valence-corrected chi connectivity index (χ3v) is 7.33. The number of carbonyl (C=O) groups is 1. The highest BCUT2D eigenvalue weighted by molar-refractivity contribution is 7.07. The molecule has 4 rings (SSSR count). The third-order valence-electron chi connectivity index (χ3n) is 5.79. The molecule has 0 spiro atoms. The van der Waals surface area contributed by atoms with Crippen LogP contribution in [-0.2, 0) is 9.53 Å². The first-order valence-electron chi connectivity index (χ1n) is 11.8. The summed E-state index contributed by atoms with van der Waals surface area (Å²) in [7, 11) is 0. The Morgan fingerprint density at radius 1 is 1.22 bits per heavy atom. The second-order valence-electron chi connectivity index (χ2n) is 8.41. The van der Waals surface area contributed by atoms with Gasteiger partial charge in [-0.3, -0.25) is 9.36 Å². The summed E-state index contributed by atoms with van der Waals surface area (Å²) in [5.41, 5.74) is 1.89. The molecular weight excluding hydrogens is 531 g/mol. The number of hydrogen-bond acceptors (Lipinski definition) is 6. The van der Waals surface area contributed by atoms with Gasteiger partial charge in [0.2, 0.25) is 0 Å². The van der Waals surface area contributed by atoms with Crippen LogP contribution in [0.2, 0.25) is 10.0 Å². The van der Waals surface area contributed by atoms with Gasteiger partial charge in [-0.05, 0) is 54.8 Å². The monoisotopic (exact) mass is 556 g/mol. The van der Waals surface area contributed by atoms with Crippen LogP contribution in [0, 0.1) is 0 Å². The predicted octanol–water partition coefficient (Wildman–Crippen LogP) is 5.45. The third kappa shape index (κ3) is 5.90. The summed E-state index contributed by atoms with van der Waals surface area (Å²) in [6.07, 6.45) is 5.20. The Kier molecular flexibility index (Phi) is 8.69. The van der Waals surface area contributed by atoms with Crippen LogP contribution in [0.4, 0.5) is 0 Å². The van der Waals surface area contributed by atoms with Gasteiger partial charge in [-0.2, -0.15) is 0 Å². The number of ether oxygens (including phenoxy) is 2. The molecule has 37 heavy (non-hydrogen) atoms. The number of thiazole rings is 1. The molecular formula is C28H26Cl2N2O4S. The first-order valence-corrected chi connectivity index (χ1v) is 13.4. The fourth-order valence-corrected chi connectivity index (χ4v) is 5.45. The molecule has 0 radical (unpaired) electrons. The molecule has 1 unspecified atom stereocenters. The minimum atomic E-state index is -0.721. The molecule has 0 saturated heterocycles. The van der Waals surface area contributed by atoms with Gasteiger partial charge < -0.3 is 9.47 Å². The average Bonchev–Trinajstić information content (AvgIpc) is 3.18. The topological polar surface area (TPSA) is 69.9 Å². The van der Waals surface area contributed by atoms with E-state index in [1.165, 1.54) is 22.0 Å². The molecule has 0 fully saturated rings. The zero-order chi connectivity index (χ0) is 26.5. The van der Waals surface area contributed by atoms with E-state index in [4.69, 9.17) is 32.7 Å². The van der Waals surface area contributed by atoms with Crippen LogP contribution < -0.4 is 19.6 Å². The summed E-state index contributed by atoms with van der Waals surface area (Å²) in [6, 6.07) is 11.8. The Morgan fingerprint density at radius 2 is 1.97 bits per heavy atom. The van der Waals surface area contributed by atoms with E-state index >= 15 is 0 Å². The molecule has 2 heterocycles. The molecule has 1 aliphatic heterocycles. The maximum atomic E-state index is 13.7. The van der Waals surface area contributed by atoms with Gasteiger partial charge in [-0.15, -0.1) is 0 Å². The van der Waals surface area contributed by atoms with Crippen molar-refractivity contribution in [2.45, 2.75) is 32.7 Å². The number of hydrogen-bond donors (Lipinski definition) is 0. The molecule has 0 aliphatic carbocycles. The maximum absolute atomic E-state index is 13.7. The minimum Gasteiger partial charge on any atom is -0.494 e. The number of rotatable bonds is 9. The van der Waals surface area contributed by atoms with Gasteiger partial charge in [-0.25, -0.2) is 9.79 Å². The summed E-state index contributed by atoms with van der Waals surface area (Å²) < 4.78 is 13.1. The smallest absolute Gasteiger partial charge is 0.338 e. The lowest BCUT2D eigenvalue weighted by Gasteiger charge is -2.24. The molecule has 0 N–H and O–H groups in total. The van der Waals surface area contributed by atoms with Crippen LogP contribution in [0.3, 0.4) is 0 Å². The number of nitrogens with zero attached hydrogens (tertiary/aromatic N) is 2. The lowest BCUT2D eigenvalue weighted by molar-refractivity contribution is -0.138. The van der Waals surface area contributed by atoms with E-state index in [0.29, 0.717) is 42.8 Å². The number of benzene rings is 2. The van der Waals surface area contributed by atoms with Gasteiger partial charge in [0.1, 0.15) is 12.4 Å². The van der Waals surface area contributed by atoms with Gasteiger partial charge in [0.25, 0.3) is 5.56 Å². The van der Waals surface area contributed by atoms with E-state index in [0.717, 1.165) is 24.2 Å². The van der Waals surface area contributed by atoms with Crippen molar-refractivity contribution < 1.29 is 14.3 Å². The van der Waals surface area contributed by atoms with Crippen molar-refractivity contribution >= 4 is 46.6 Å². The maximum Gasteiger partial charge on any atom is 0.338 e. The van der Waals surface area contributed by atoms with Crippen molar-refractivity contribution in [1.29, 1.82) is 0 Å². The average molecular weight is 557 g/mol. The molecule has 0 bridgehead atoms. The van der Waals surface area contributed by atoms with E-state index in [2.05, 4.69) is 18.5 Å². The van der Waals surface area contributed by atoms with Crippen LogP contribution >= 0.6 is 34.5 Å². The lowest BCUT2D eigenvalue weighted by atomic mass is 9.96. The summed E-state index contributed by atoms with van der Waals surface area (Å²) in [6.45, 7) is 8.13. The predicted molar refractivity (Wildman–Crippen MR) is 148 cm³/mol. The number of carbonyl (C=O) groups excluding carboxylic acids is 1. The van der Waals surface area contributed by atoms with Gasteiger partial charge in [0.15, 0.2) is 4.80 Å². The summed E-state index contributed by atoms with van der Waals surface area (Å²) in [5, 5.41) is 0.933. The molecule has 0 saturated carbocycles. The van der Waals surface area contributed by atoms with Crippen molar-refractivity contribution in [3.8, 4) is 5.75 Å². The summed E-state index contributed by atoms with van der Waals surface area (Å²) >= 11 is 13.6. The van der Waals surface area contributed by atoms with Crippen molar-refractivity contribution in [3.63, 3.8) is 0 Å². The standard InChI is InChI=1S/C28H26Cl2N2O4S/c1-4-6-14-35-21-11-8-18(9-12-21)25-24(27(34)36-13-5-2)17(3)31-28-32(25)26(33)23(37-28)15-19-7-10-20(29)16-22(19)30/h5,7-12,15-16,25H,2,4,6,13-14H2,1,3H3. The number of fused-ring (bicyclic) bond motifs is 1. The van der Waals surface area contributed by atoms with Gasteiger partial charge in [0, 0.05) is 10.0 Å². The first-order chi connectivity index (χ1) is 17.8. The second-order valence-corrected chi connectivity index (χ2v) is 10.3. The normalized spacial score (nSPS) is 15.2. The van der Waals surface area contributed by atoms with Crippen LogP contribution in [-0.4, -0.2) is 23.8 Å². The quantitative estimate of drug-likeness (QED) is 0.199. The van der Waals surface area contributed by atoms with Gasteiger partial charge in [0.05, 0.1) is 28.5 Å². The van der Waals surface area contributed by atoms with Crippen molar-refractivity contribution in [3.05, 3.63) is 107 Å². The van der Waals surface area contributed by atoms with Crippen LogP contribution in [0.1, 0.15) is 43.9 Å². The number of halogens is 2. The number of esters is 1. The Balaban J connectivity index is 1.85. The molecule has 2 aromatic carbocycles. The molecule has 9 heteroatoms. The Morgan fingerprint density at radius 3 is 2.65 bits per heavy atom. The molecule has 1 atom stereocenters. The highest BCUT2D eigenvalue weighted by Gasteiger charge is 2.33. The minimum absolute atomic E-state index is 0.0476. The largest absolute Gasteiger partial charge is 0.494 e. The number of allylic oxidation sites excluding steroid dienone is 1. The fraction of sp³-hybridized carbons (Fsp3) is 0.250. The molecule has 1 aliphatic rings. The Bertz CT molecular complexity index is 1540. The molecule has 3 aromatic rings. The molecule has 192 valence electrons. The molecule has 1 aromatic heterocycles. The van der Waals surface area contributed by atoms with E-state index in [1.807, 2.05) is 24.3 Å². The number of aromatic nitrogens is 1. The van der Waals surface area contributed by atoms with E-state index < -0.39 is 12.0 Å². The lowest BCUT2D eigenvalue weighted by Crippen LogP contribution is -2.39. The first kappa shape index (κ1) is 26.9.